The summed E-state index contributed by atoms with van der Waals surface area (Å²) in [4.78, 5) is 28.7. The van der Waals surface area contributed by atoms with E-state index in [2.05, 4.69) is 20.7 Å². The largest absolute Gasteiger partial charge is 0.351 e. The maximum absolute atomic E-state index is 12.5. The lowest BCUT2D eigenvalue weighted by molar-refractivity contribution is -0.126. The summed E-state index contributed by atoms with van der Waals surface area (Å²) in [6.07, 6.45) is 7.58. The first kappa shape index (κ1) is 15.8. The fraction of sp³-hybridized carbons (Fsp3) is 0.444. The number of amides is 2. The van der Waals surface area contributed by atoms with Gasteiger partial charge in [-0.05, 0) is 24.5 Å². The van der Waals surface area contributed by atoms with E-state index in [1.807, 2.05) is 23.7 Å². The molecular formula is C18H21N5O2. The molecule has 7 heteroatoms. The molecule has 3 heterocycles. The van der Waals surface area contributed by atoms with E-state index in [0.29, 0.717) is 25.1 Å². The quantitative estimate of drug-likeness (QED) is 0.852. The maximum Gasteiger partial charge on any atom is 0.255 e. The van der Waals surface area contributed by atoms with Gasteiger partial charge in [0, 0.05) is 30.8 Å². The number of nitrogens with zero attached hydrogens (tertiary/aromatic N) is 3. The topological polar surface area (TPSA) is 88.9 Å². The molecule has 2 aromatic rings. The Bertz CT molecular complexity index is 810. The number of rotatable bonds is 5. The van der Waals surface area contributed by atoms with Crippen molar-refractivity contribution in [2.24, 2.45) is 5.41 Å². The van der Waals surface area contributed by atoms with Crippen LogP contribution in [0.4, 0.5) is 0 Å². The molecule has 1 fully saturated rings. The van der Waals surface area contributed by atoms with Crippen LogP contribution in [-0.2, 0) is 24.3 Å². The highest BCUT2D eigenvalue weighted by atomic mass is 16.2. The second-order valence-corrected chi connectivity index (χ2v) is 7.17. The van der Waals surface area contributed by atoms with E-state index in [4.69, 9.17) is 0 Å². The fourth-order valence-corrected chi connectivity index (χ4v) is 3.13. The molecule has 1 atom stereocenters. The summed E-state index contributed by atoms with van der Waals surface area (Å²) < 4.78 is 1.82. The van der Waals surface area contributed by atoms with Gasteiger partial charge in [-0.25, -0.2) is 0 Å². The minimum atomic E-state index is -0.186. The van der Waals surface area contributed by atoms with Crippen LogP contribution < -0.4 is 10.6 Å². The van der Waals surface area contributed by atoms with E-state index in [9.17, 15) is 9.59 Å². The second kappa shape index (κ2) is 5.98. The summed E-state index contributed by atoms with van der Waals surface area (Å²) in [5.74, 6) is -0.0305. The standard InChI is InChI=1S/C18H21N5O2/c1-18(4-5-18)17(25)22-13-7-15-14(10-21-23(15)11-13)16(24)20-9-12-3-2-6-19-8-12/h2-3,6,8,10,13H,4-5,7,9,11H2,1H3,(H,20,24)(H,22,25)/t13-/m0/s1. The molecule has 1 aliphatic heterocycles. The number of aromatic nitrogens is 3. The third-order valence-corrected chi connectivity index (χ3v) is 5.09. The van der Waals surface area contributed by atoms with Gasteiger partial charge in [0.1, 0.15) is 0 Å². The highest BCUT2D eigenvalue weighted by Crippen LogP contribution is 2.45. The van der Waals surface area contributed by atoms with Crippen molar-refractivity contribution < 1.29 is 9.59 Å². The molecule has 2 aliphatic rings. The van der Waals surface area contributed by atoms with E-state index >= 15 is 0 Å². The molecule has 2 amide bonds. The number of hydrogen-bond donors (Lipinski definition) is 2. The van der Waals surface area contributed by atoms with E-state index in [0.717, 1.165) is 24.1 Å². The van der Waals surface area contributed by atoms with Gasteiger partial charge in [-0.2, -0.15) is 5.10 Å². The molecule has 2 N–H and O–H groups in total. The number of pyridine rings is 1. The summed E-state index contributed by atoms with van der Waals surface area (Å²) in [7, 11) is 0. The number of nitrogens with one attached hydrogen (secondary N) is 2. The van der Waals surface area contributed by atoms with Gasteiger partial charge >= 0.3 is 0 Å². The normalized spacial score (nSPS) is 20.0. The minimum Gasteiger partial charge on any atom is -0.351 e. The Kier molecular flexibility index (Phi) is 3.78. The Balaban J connectivity index is 1.38. The van der Waals surface area contributed by atoms with Crippen LogP contribution in [0.25, 0.3) is 0 Å². The van der Waals surface area contributed by atoms with Crippen molar-refractivity contribution in [3.63, 3.8) is 0 Å². The predicted octanol–water partition coefficient (Wildman–Crippen LogP) is 1.05. The lowest BCUT2D eigenvalue weighted by Crippen LogP contribution is -2.40. The van der Waals surface area contributed by atoms with Gasteiger partial charge in [0.15, 0.2) is 0 Å². The van der Waals surface area contributed by atoms with Gasteiger partial charge in [-0.15, -0.1) is 0 Å². The molecular weight excluding hydrogens is 318 g/mol. The SMILES string of the molecule is CC1(C(=O)N[C@H]2Cc3c(C(=O)NCc4cccnc4)cnn3C2)CC1. The van der Waals surface area contributed by atoms with E-state index in [1.54, 1.807) is 18.6 Å². The van der Waals surface area contributed by atoms with Gasteiger partial charge in [-0.1, -0.05) is 13.0 Å². The summed E-state index contributed by atoms with van der Waals surface area (Å²) >= 11 is 0. The minimum absolute atomic E-state index is 0.0125. The lowest BCUT2D eigenvalue weighted by Gasteiger charge is -2.15. The van der Waals surface area contributed by atoms with Crippen molar-refractivity contribution in [2.45, 2.75) is 45.3 Å². The second-order valence-electron chi connectivity index (χ2n) is 7.17. The van der Waals surface area contributed by atoms with Crippen LogP contribution in [0.2, 0.25) is 0 Å². The summed E-state index contributed by atoms with van der Waals surface area (Å²) in [6, 6.07) is 3.77. The zero-order valence-corrected chi connectivity index (χ0v) is 14.2. The van der Waals surface area contributed by atoms with Crippen LogP contribution in [0.1, 0.15) is 41.4 Å². The molecule has 4 rings (SSSR count). The van der Waals surface area contributed by atoms with E-state index < -0.39 is 0 Å². The Morgan fingerprint density at radius 2 is 2.20 bits per heavy atom. The van der Waals surface area contributed by atoms with Gasteiger partial charge in [-0.3, -0.25) is 19.3 Å². The first-order valence-electron chi connectivity index (χ1n) is 8.58. The number of fused-ring (bicyclic) bond motifs is 1. The van der Waals surface area contributed by atoms with Crippen LogP contribution in [-0.4, -0.2) is 32.6 Å². The van der Waals surface area contributed by atoms with Gasteiger partial charge in [0.25, 0.3) is 5.91 Å². The fourth-order valence-electron chi connectivity index (χ4n) is 3.13. The molecule has 1 aliphatic carbocycles. The van der Waals surface area contributed by atoms with Crippen LogP contribution in [0.3, 0.4) is 0 Å². The van der Waals surface area contributed by atoms with Crippen LogP contribution in [0, 0.1) is 5.41 Å². The highest BCUT2D eigenvalue weighted by molar-refractivity contribution is 5.95. The van der Waals surface area contributed by atoms with Crippen molar-refractivity contribution in [1.82, 2.24) is 25.4 Å². The zero-order valence-electron chi connectivity index (χ0n) is 14.2. The van der Waals surface area contributed by atoms with Gasteiger partial charge < -0.3 is 10.6 Å². The average Bonchev–Trinajstić information content (AvgIpc) is 3.07. The van der Waals surface area contributed by atoms with Crippen molar-refractivity contribution in [3.05, 3.63) is 47.5 Å². The van der Waals surface area contributed by atoms with Crippen LogP contribution in [0.15, 0.2) is 30.7 Å². The lowest BCUT2D eigenvalue weighted by atomic mass is 10.1. The van der Waals surface area contributed by atoms with Crippen LogP contribution >= 0.6 is 0 Å². The third kappa shape index (κ3) is 3.14. The predicted molar refractivity (Wildman–Crippen MR) is 90.6 cm³/mol. The molecule has 7 nitrogen and oxygen atoms in total. The molecule has 1 saturated carbocycles. The molecule has 0 aromatic carbocycles. The van der Waals surface area contributed by atoms with Crippen molar-refractivity contribution in [1.29, 1.82) is 0 Å². The molecule has 0 saturated heterocycles. The Hall–Kier alpha value is -2.70. The van der Waals surface area contributed by atoms with E-state index in [1.165, 1.54) is 0 Å². The average molecular weight is 339 g/mol. The molecule has 130 valence electrons. The Labute approximate surface area is 145 Å². The van der Waals surface area contributed by atoms with E-state index in [-0.39, 0.29) is 23.3 Å². The molecule has 0 spiro atoms. The van der Waals surface area contributed by atoms with Crippen molar-refractivity contribution in [3.8, 4) is 0 Å². The number of carbonyl (C=O) groups is 2. The van der Waals surface area contributed by atoms with Crippen LogP contribution in [0.5, 0.6) is 0 Å². The van der Waals surface area contributed by atoms with Crippen molar-refractivity contribution in [2.75, 3.05) is 0 Å². The first-order valence-corrected chi connectivity index (χ1v) is 8.58. The van der Waals surface area contributed by atoms with Gasteiger partial charge in [0.05, 0.1) is 30.0 Å². The maximum atomic E-state index is 12.5. The highest BCUT2D eigenvalue weighted by Gasteiger charge is 2.45. The monoisotopic (exact) mass is 339 g/mol. The first-order chi connectivity index (χ1) is 12.0. The summed E-state index contributed by atoms with van der Waals surface area (Å²) in [6.45, 7) is 3.04. The zero-order chi connectivity index (χ0) is 17.4. The molecule has 25 heavy (non-hydrogen) atoms. The number of hydrogen-bond acceptors (Lipinski definition) is 4. The summed E-state index contributed by atoms with van der Waals surface area (Å²) in [5, 5.41) is 10.3. The van der Waals surface area contributed by atoms with Gasteiger partial charge in [0.2, 0.25) is 5.91 Å². The molecule has 0 radical (unpaired) electrons. The third-order valence-electron chi connectivity index (χ3n) is 5.09. The Morgan fingerprint density at radius 3 is 2.92 bits per heavy atom. The Morgan fingerprint density at radius 1 is 1.36 bits per heavy atom. The summed E-state index contributed by atoms with van der Waals surface area (Å²) in [5.41, 5.74) is 2.23. The smallest absolute Gasteiger partial charge is 0.255 e. The molecule has 0 bridgehead atoms. The number of carbonyl (C=O) groups excluding carboxylic acids is 2. The van der Waals surface area contributed by atoms with Crippen molar-refractivity contribution >= 4 is 11.8 Å². The molecule has 2 aromatic heterocycles. The molecule has 0 unspecified atom stereocenters.